The zero-order valence-electron chi connectivity index (χ0n) is 14.0. The lowest BCUT2D eigenvalue weighted by molar-refractivity contribution is 0.465. The van der Waals surface area contributed by atoms with Crippen LogP contribution in [-0.2, 0) is 0 Å². The fraction of sp³-hybridized carbons (Fsp3) is 0.312. The van der Waals surface area contributed by atoms with E-state index in [1.54, 1.807) is 0 Å². The van der Waals surface area contributed by atoms with Gasteiger partial charge in [0.15, 0.2) is 0 Å². The van der Waals surface area contributed by atoms with Crippen molar-refractivity contribution in [3.63, 3.8) is 0 Å². The summed E-state index contributed by atoms with van der Waals surface area (Å²) in [6.45, 7) is 4.09. The van der Waals surface area contributed by atoms with Gasteiger partial charge < -0.3 is 9.32 Å². The summed E-state index contributed by atoms with van der Waals surface area (Å²) in [6, 6.07) is 9.64. The van der Waals surface area contributed by atoms with Crippen molar-refractivity contribution in [2.75, 3.05) is 19.0 Å². The van der Waals surface area contributed by atoms with Crippen LogP contribution in [-0.4, -0.2) is 39.2 Å². The van der Waals surface area contributed by atoms with Crippen molar-refractivity contribution in [2.24, 2.45) is 0 Å². The van der Waals surface area contributed by atoms with Crippen LogP contribution in [0.3, 0.4) is 0 Å². The van der Waals surface area contributed by atoms with Gasteiger partial charge in [-0.25, -0.2) is 4.98 Å². The van der Waals surface area contributed by atoms with Crippen molar-refractivity contribution in [1.29, 1.82) is 0 Å². The van der Waals surface area contributed by atoms with E-state index in [9.17, 15) is 0 Å². The molecule has 3 aromatic rings. The maximum absolute atomic E-state index is 5.70. The Balaban J connectivity index is 1.87. The molecule has 0 unspecified atom stereocenters. The molecule has 7 nitrogen and oxygen atoms in total. The molecule has 3 rings (SSSR count). The molecular weight excluding hydrogens is 324 g/mol. The van der Waals surface area contributed by atoms with Gasteiger partial charge in [-0.3, -0.25) is 0 Å². The fourth-order valence-corrected chi connectivity index (χ4v) is 2.52. The van der Waals surface area contributed by atoms with Gasteiger partial charge >= 0.3 is 0 Å². The molecule has 8 heteroatoms. The predicted molar refractivity (Wildman–Crippen MR) is 92.1 cm³/mol. The minimum absolute atomic E-state index is 0.202. The number of anilines is 1. The van der Waals surface area contributed by atoms with Crippen molar-refractivity contribution in [2.45, 2.75) is 30.1 Å². The summed E-state index contributed by atoms with van der Waals surface area (Å²) in [4.78, 5) is 15.2. The Bertz CT molecular complexity index is 792. The molecule has 0 amide bonds. The first-order chi connectivity index (χ1) is 11.5. The quantitative estimate of drug-likeness (QED) is 0.699. The third-order valence-electron chi connectivity index (χ3n) is 3.14. The monoisotopic (exact) mass is 342 g/mol. The smallest absolute Gasteiger partial charge is 0.284 e. The van der Waals surface area contributed by atoms with Crippen molar-refractivity contribution in [3.8, 4) is 11.5 Å². The van der Waals surface area contributed by atoms with Crippen LogP contribution in [0.5, 0.6) is 0 Å². The van der Waals surface area contributed by atoms with E-state index in [4.69, 9.17) is 4.42 Å². The van der Waals surface area contributed by atoms with Crippen molar-refractivity contribution >= 4 is 17.7 Å². The van der Waals surface area contributed by atoms with E-state index in [2.05, 4.69) is 25.1 Å². The van der Waals surface area contributed by atoms with Gasteiger partial charge in [0, 0.05) is 37.3 Å². The van der Waals surface area contributed by atoms with Crippen LogP contribution in [0, 0.1) is 0 Å². The second-order valence-electron chi connectivity index (χ2n) is 5.67. The first kappa shape index (κ1) is 16.4. The lowest BCUT2D eigenvalue weighted by Gasteiger charge is -2.13. The lowest BCUT2D eigenvalue weighted by atomic mass is 10.2. The van der Waals surface area contributed by atoms with Crippen LogP contribution in [0.1, 0.15) is 25.6 Å². The minimum atomic E-state index is 0.202. The zero-order chi connectivity index (χ0) is 17.1. The molecule has 0 saturated carbocycles. The molecule has 0 spiro atoms. The highest BCUT2D eigenvalue weighted by atomic mass is 32.2. The average Bonchev–Trinajstić information content (AvgIpc) is 3.03. The zero-order valence-corrected chi connectivity index (χ0v) is 14.8. The molecule has 0 saturated heterocycles. The predicted octanol–water partition coefficient (Wildman–Crippen LogP) is 3.26. The normalized spacial score (nSPS) is 11.0. The number of aromatic nitrogens is 5. The van der Waals surface area contributed by atoms with E-state index in [0.29, 0.717) is 22.2 Å². The van der Waals surface area contributed by atoms with Gasteiger partial charge in [0.2, 0.25) is 17.0 Å². The minimum Gasteiger partial charge on any atom is -0.411 e. The van der Waals surface area contributed by atoms with E-state index in [1.165, 1.54) is 11.8 Å². The molecule has 0 fully saturated rings. The summed E-state index contributed by atoms with van der Waals surface area (Å²) in [5, 5.41) is 9.09. The van der Waals surface area contributed by atoms with E-state index >= 15 is 0 Å². The molecule has 0 radical (unpaired) electrons. The van der Waals surface area contributed by atoms with Crippen LogP contribution in [0.25, 0.3) is 11.5 Å². The van der Waals surface area contributed by atoms with Gasteiger partial charge in [-0.2, -0.15) is 9.97 Å². The molecule has 124 valence electrons. The molecule has 2 aromatic heterocycles. The second kappa shape index (κ2) is 6.96. The lowest BCUT2D eigenvalue weighted by Crippen LogP contribution is -2.15. The Kier molecular flexibility index (Phi) is 4.75. The van der Waals surface area contributed by atoms with E-state index < -0.39 is 0 Å². The molecule has 0 aliphatic carbocycles. The van der Waals surface area contributed by atoms with Crippen molar-refractivity contribution in [1.82, 2.24) is 25.1 Å². The molecule has 24 heavy (non-hydrogen) atoms. The number of benzene rings is 1. The van der Waals surface area contributed by atoms with Crippen LogP contribution in [0.2, 0.25) is 0 Å². The first-order valence-corrected chi connectivity index (χ1v) is 8.34. The maximum Gasteiger partial charge on any atom is 0.284 e. The number of nitrogens with zero attached hydrogens (tertiary/aromatic N) is 6. The Morgan fingerprint density at radius 2 is 1.75 bits per heavy atom. The van der Waals surface area contributed by atoms with Gasteiger partial charge in [-0.15, -0.1) is 10.2 Å². The SMILES string of the molecule is CC(C)c1nc(Sc2nnc(-c3ccccc3)o2)nc(N(C)C)n1. The highest BCUT2D eigenvalue weighted by Gasteiger charge is 2.15. The van der Waals surface area contributed by atoms with E-state index in [0.717, 1.165) is 11.4 Å². The maximum atomic E-state index is 5.70. The Labute approximate surface area is 144 Å². The standard InChI is InChI=1S/C16H18N6OS/c1-10(2)12-17-14(22(3)4)19-15(18-12)24-16-21-20-13(23-16)11-8-6-5-7-9-11/h5-10H,1-4H3. The summed E-state index contributed by atoms with van der Waals surface area (Å²) in [5.41, 5.74) is 0.879. The summed E-state index contributed by atoms with van der Waals surface area (Å²) in [5.74, 6) is 2.02. The van der Waals surface area contributed by atoms with Gasteiger partial charge in [0.1, 0.15) is 5.82 Å². The third-order valence-corrected chi connectivity index (χ3v) is 3.85. The highest BCUT2D eigenvalue weighted by Crippen LogP contribution is 2.28. The van der Waals surface area contributed by atoms with E-state index in [1.807, 2.05) is 63.2 Å². The molecule has 0 aliphatic heterocycles. The largest absolute Gasteiger partial charge is 0.411 e. The molecule has 1 aromatic carbocycles. The molecule has 0 N–H and O–H groups in total. The molecule has 0 aliphatic rings. The highest BCUT2D eigenvalue weighted by molar-refractivity contribution is 7.98. The van der Waals surface area contributed by atoms with E-state index in [-0.39, 0.29) is 5.92 Å². The van der Waals surface area contributed by atoms with Crippen molar-refractivity contribution < 1.29 is 4.42 Å². The number of hydrogen-bond donors (Lipinski definition) is 0. The van der Waals surface area contributed by atoms with Gasteiger partial charge in [-0.05, 0) is 12.1 Å². The Morgan fingerprint density at radius 1 is 1.00 bits per heavy atom. The number of hydrogen-bond acceptors (Lipinski definition) is 8. The first-order valence-electron chi connectivity index (χ1n) is 7.53. The second-order valence-corrected chi connectivity index (χ2v) is 6.59. The number of rotatable bonds is 5. The summed E-state index contributed by atoms with van der Waals surface area (Å²) in [6.07, 6.45) is 0. The van der Waals surface area contributed by atoms with Gasteiger partial charge in [0.25, 0.3) is 5.22 Å². The summed E-state index contributed by atoms with van der Waals surface area (Å²) in [7, 11) is 3.79. The molecular formula is C16H18N6OS. The Hall–Kier alpha value is -2.48. The summed E-state index contributed by atoms with van der Waals surface area (Å²) < 4.78 is 5.70. The molecule has 2 heterocycles. The molecule has 0 atom stereocenters. The summed E-state index contributed by atoms with van der Waals surface area (Å²) >= 11 is 1.24. The van der Waals surface area contributed by atoms with Crippen LogP contribution in [0.4, 0.5) is 5.95 Å². The Morgan fingerprint density at radius 3 is 2.42 bits per heavy atom. The topological polar surface area (TPSA) is 80.8 Å². The van der Waals surface area contributed by atoms with Gasteiger partial charge in [0.05, 0.1) is 0 Å². The van der Waals surface area contributed by atoms with Gasteiger partial charge in [-0.1, -0.05) is 32.0 Å². The third kappa shape index (κ3) is 3.70. The van der Waals surface area contributed by atoms with Crippen LogP contribution < -0.4 is 4.90 Å². The van der Waals surface area contributed by atoms with Crippen LogP contribution >= 0.6 is 11.8 Å². The fourth-order valence-electron chi connectivity index (χ4n) is 1.89. The average molecular weight is 342 g/mol. The molecule has 0 bridgehead atoms. The van der Waals surface area contributed by atoms with Crippen LogP contribution in [0.15, 0.2) is 45.1 Å². The van der Waals surface area contributed by atoms with Crippen molar-refractivity contribution in [3.05, 3.63) is 36.2 Å².